The van der Waals surface area contributed by atoms with Crippen molar-refractivity contribution >= 4 is 23.9 Å². The van der Waals surface area contributed by atoms with Crippen LogP contribution in [0.25, 0.3) is 6.08 Å². The largest absolute Gasteiger partial charge is 0.493 e. The van der Waals surface area contributed by atoms with Gasteiger partial charge in [0.25, 0.3) is 0 Å². The lowest BCUT2D eigenvalue weighted by atomic mass is 10.1. The Bertz CT molecular complexity index is 1010. The van der Waals surface area contributed by atoms with Gasteiger partial charge in [0.2, 0.25) is 11.8 Å². The molecule has 0 aliphatic carbocycles. The van der Waals surface area contributed by atoms with E-state index in [1.165, 1.54) is 18.1 Å². The van der Waals surface area contributed by atoms with Gasteiger partial charge in [-0.25, -0.2) is 0 Å². The maximum atomic E-state index is 12.8. The Labute approximate surface area is 193 Å². The molecule has 3 rings (SSSR count). The van der Waals surface area contributed by atoms with Gasteiger partial charge in [-0.05, 0) is 29.3 Å². The number of benzene rings is 2. The summed E-state index contributed by atoms with van der Waals surface area (Å²) < 4.78 is 15.8. The number of rotatable bonds is 9. The lowest BCUT2D eigenvalue weighted by molar-refractivity contribution is -0.150. The van der Waals surface area contributed by atoms with E-state index in [-0.39, 0.29) is 24.8 Å². The molecule has 1 atom stereocenters. The first-order valence-corrected chi connectivity index (χ1v) is 10.7. The smallest absolute Gasteiger partial charge is 0.308 e. The van der Waals surface area contributed by atoms with Crippen LogP contribution in [0.4, 0.5) is 0 Å². The molecule has 0 aromatic heterocycles. The molecular weight excluding hydrogens is 424 g/mol. The van der Waals surface area contributed by atoms with Gasteiger partial charge in [0, 0.05) is 25.6 Å². The molecule has 0 spiro atoms. The maximum absolute atomic E-state index is 12.8. The highest BCUT2D eigenvalue weighted by Crippen LogP contribution is 2.28. The Hall–Kier alpha value is -3.81. The molecule has 174 valence electrons. The van der Waals surface area contributed by atoms with Crippen LogP contribution in [0.3, 0.4) is 0 Å². The number of carbonyl (C=O) groups is 3. The average molecular weight is 453 g/mol. The van der Waals surface area contributed by atoms with Gasteiger partial charge in [-0.3, -0.25) is 14.4 Å². The molecule has 1 unspecified atom stereocenters. The summed E-state index contributed by atoms with van der Waals surface area (Å²) in [5, 5.41) is 2.71. The topological polar surface area (TPSA) is 94.2 Å². The molecule has 1 heterocycles. The Morgan fingerprint density at radius 1 is 1.09 bits per heavy atom. The molecule has 0 saturated carbocycles. The van der Waals surface area contributed by atoms with Crippen LogP contribution in [0.2, 0.25) is 0 Å². The predicted molar refractivity (Wildman–Crippen MR) is 123 cm³/mol. The van der Waals surface area contributed by atoms with E-state index in [9.17, 15) is 14.4 Å². The Balaban J connectivity index is 1.60. The lowest BCUT2D eigenvalue weighted by Gasteiger charge is -2.33. The minimum absolute atomic E-state index is 0.198. The van der Waals surface area contributed by atoms with Crippen LogP contribution >= 0.6 is 0 Å². The van der Waals surface area contributed by atoms with Crippen LogP contribution in [0.5, 0.6) is 11.5 Å². The number of esters is 1. The van der Waals surface area contributed by atoms with Crippen LogP contribution in [-0.2, 0) is 25.5 Å². The van der Waals surface area contributed by atoms with Crippen LogP contribution in [-0.4, -0.2) is 62.6 Å². The van der Waals surface area contributed by atoms with Gasteiger partial charge in [-0.1, -0.05) is 36.4 Å². The van der Waals surface area contributed by atoms with Gasteiger partial charge in [-0.2, -0.15) is 0 Å². The predicted octanol–water partition coefficient (Wildman–Crippen LogP) is 2.22. The summed E-state index contributed by atoms with van der Waals surface area (Å²) in [6, 6.07) is 14.0. The zero-order valence-electron chi connectivity index (χ0n) is 18.8. The second-order valence-electron chi connectivity index (χ2n) is 7.45. The molecule has 0 radical (unpaired) electrons. The van der Waals surface area contributed by atoms with Crippen molar-refractivity contribution in [3.8, 4) is 11.5 Å². The quantitative estimate of drug-likeness (QED) is 0.463. The second-order valence-corrected chi connectivity index (χ2v) is 7.45. The Morgan fingerprint density at radius 3 is 2.58 bits per heavy atom. The molecule has 1 aliphatic heterocycles. The molecule has 2 aromatic carbocycles. The fraction of sp³-hybridized carbons (Fsp3) is 0.320. The van der Waals surface area contributed by atoms with Crippen molar-refractivity contribution in [2.75, 3.05) is 33.9 Å². The lowest BCUT2D eigenvalue weighted by Crippen LogP contribution is -2.57. The number of hydrogen-bond donors (Lipinski definition) is 1. The number of hydrogen-bond acceptors (Lipinski definition) is 6. The minimum Gasteiger partial charge on any atom is -0.493 e. The first-order chi connectivity index (χ1) is 16.0. The van der Waals surface area contributed by atoms with Crippen molar-refractivity contribution in [2.24, 2.45) is 0 Å². The average Bonchev–Trinajstić information content (AvgIpc) is 2.84. The van der Waals surface area contributed by atoms with Crippen molar-refractivity contribution in [1.29, 1.82) is 0 Å². The second kappa shape index (κ2) is 11.7. The van der Waals surface area contributed by atoms with Crippen molar-refractivity contribution in [3.05, 3.63) is 65.7 Å². The molecule has 1 saturated heterocycles. The summed E-state index contributed by atoms with van der Waals surface area (Å²) in [6.45, 7) is 0.849. The van der Waals surface area contributed by atoms with E-state index in [4.69, 9.17) is 14.2 Å². The highest BCUT2D eigenvalue weighted by atomic mass is 16.5. The summed E-state index contributed by atoms with van der Waals surface area (Å²) in [7, 11) is 3.08. The summed E-state index contributed by atoms with van der Waals surface area (Å²) in [5.41, 5.74) is 1.79. The highest BCUT2D eigenvalue weighted by Gasteiger charge is 2.34. The van der Waals surface area contributed by atoms with Crippen LogP contribution in [0, 0.1) is 0 Å². The third-order valence-electron chi connectivity index (χ3n) is 5.30. The third kappa shape index (κ3) is 6.58. The number of amides is 2. The van der Waals surface area contributed by atoms with Gasteiger partial charge in [0.15, 0.2) is 11.5 Å². The summed E-state index contributed by atoms with van der Waals surface area (Å²) >= 11 is 0. The first kappa shape index (κ1) is 23.8. The van der Waals surface area contributed by atoms with Gasteiger partial charge >= 0.3 is 5.97 Å². The number of nitrogens with zero attached hydrogens (tertiary/aromatic N) is 1. The molecule has 0 bridgehead atoms. The number of piperazine rings is 1. The van der Waals surface area contributed by atoms with Crippen LogP contribution < -0.4 is 14.8 Å². The van der Waals surface area contributed by atoms with E-state index >= 15 is 0 Å². The van der Waals surface area contributed by atoms with Gasteiger partial charge in [-0.15, -0.1) is 0 Å². The van der Waals surface area contributed by atoms with E-state index in [0.717, 1.165) is 11.1 Å². The molecule has 33 heavy (non-hydrogen) atoms. The van der Waals surface area contributed by atoms with Crippen LogP contribution in [0.1, 0.15) is 17.5 Å². The SMILES string of the molecule is COc1ccc(/C=C/C(=O)N2CCNC(=O)C2CC(=O)OCCc2ccccc2)cc1OC. The first-order valence-electron chi connectivity index (χ1n) is 10.7. The molecule has 2 amide bonds. The van der Waals surface area contributed by atoms with E-state index in [0.29, 0.717) is 31.0 Å². The van der Waals surface area contributed by atoms with E-state index in [2.05, 4.69) is 5.32 Å². The molecule has 1 fully saturated rings. The molecule has 1 aliphatic rings. The third-order valence-corrected chi connectivity index (χ3v) is 5.30. The monoisotopic (exact) mass is 452 g/mol. The molecule has 8 nitrogen and oxygen atoms in total. The number of ether oxygens (including phenoxy) is 3. The van der Waals surface area contributed by atoms with Crippen LogP contribution in [0.15, 0.2) is 54.6 Å². The number of carbonyl (C=O) groups excluding carboxylic acids is 3. The Kier molecular flexibility index (Phi) is 8.46. The molecular formula is C25H28N2O6. The van der Waals surface area contributed by atoms with Crippen molar-refractivity contribution in [2.45, 2.75) is 18.9 Å². The zero-order chi connectivity index (χ0) is 23.6. The number of methoxy groups -OCH3 is 2. The van der Waals surface area contributed by atoms with Crippen molar-refractivity contribution in [3.63, 3.8) is 0 Å². The van der Waals surface area contributed by atoms with Gasteiger partial charge in [0.05, 0.1) is 27.2 Å². The summed E-state index contributed by atoms with van der Waals surface area (Å²) in [5.74, 6) is -0.120. The normalized spacial score (nSPS) is 15.8. The molecule has 1 N–H and O–H groups in total. The maximum Gasteiger partial charge on any atom is 0.308 e. The highest BCUT2D eigenvalue weighted by molar-refractivity contribution is 5.97. The van der Waals surface area contributed by atoms with E-state index < -0.39 is 12.0 Å². The fourth-order valence-corrected chi connectivity index (χ4v) is 3.55. The molecule has 8 heteroatoms. The Morgan fingerprint density at radius 2 is 1.85 bits per heavy atom. The standard InChI is InChI=1S/C25H28N2O6/c1-31-21-10-8-19(16-22(21)32-2)9-11-23(28)27-14-13-26-25(30)20(27)17-24(29)33-15-12-18-6-4-3-5-7-18/h3-11,16,20H,12-15,17H2,1-2H3,(H,26,30)/b11-9+. The van der Waals surface area contributed by atoms with Gasteiger partial charge < -0.3 is 24.4 Å². The van der Waals surface area contributed by atoms with Crippen molar-refractivity contribution in [1.82, 2.24) is 10.2 Å². The number of nitrogens with one attached hydrogen (secondary N) is 1. The fourth-order valence-electron chi connectivity index (χ4n) is 3.55. The zero-order valence-corrected chi connectivity index (χ0v) is 18.8. The molecule has 2 aromatic rings. The minimum atomic E-state index is -0.912. The van der Waals surface area contributed by atoms with Gasteiger partial charge in [0.1, 0.15) is 6.04 Å². The van der Waals surface area contributed by atoms with E-state index in [1.807, 2.05) is 30.3 Å². The van der Waals surface area contributed by atoms with Crippen molar-refractivity contribution < 1.29 is 28.6 Å². The van der Waals surface area contributed by atoms with E-state index in [1.54, 1.807) is 31.4 Å². The summed E-state index contributed by atoms with van der Waals surface area (Å²) in [4.78, 5) is 39.0. The summed E-state index contributed by atoms with van der Waals surface area (Å²) in [6.07, 6.45) is 3.40.